The molecule has 0 spiro atoms. The summed E-state index contributed by atoms with van der Waals surface area (Å²) < 4.78 is 1.28. The standard InChI is InChI=1S/C7H9N5OS/c1-12-5(13)3-4(10-6(12)8)11-7(9-3)14-2/h1-2H3,(H2,8,10)(H,9,11). The van der Waals surface area contributed by atoms with E-state index in [1.807, 2.05) is 6.26 Å². The molecule has 0 fully saturated rings. The Morgan fingerprint density at radius 1 is 1.50 bits per heavy atom. The third-order valence-electron chi connectivity index (χ3n) is 1.94. The highest BCUT2D eigenvalue weighted by atomic mass is 32.2. The molecular formula is C7H9N5OS. The van der Waals surface area contributed by atoms with Crippen molar-refractivity contribution in [2.24, 2.45) is 7.05 Å². The minimum absolute atomic E-state index is 0.168. The lowest BCUT2D eigenvalue weighted by atomic mass is 10.5. The molecule has 0 bridgehead atoms. The number of aromatic nitrogens is 4. The molecule has 0 aliphatic rings. The highest BCUT2D eigenvalue weighted by molar-refractivity contribution is 7.98. The summed E-state index contributed by atoms with van der Waals surface area (Å²) in [4.78, 5) is 22.6. The lowest BCUT2D eigenvalue weighted by Gasteiger charge is -1.99. The van der Waals surface area contributed by atoms with E-state index in [-0.39, 0.29) is 11.5 Å². The molecule has 0 atom stereocenters. The van der Waals surface area contributed by atoms with Gasteiger partial charge in [0.05, 0.1) is 0 Å². The Morgan fingerprint density at radius 2 is 2.21 bits per heavy atom. The van der Waals surface area contributed by atoms with Crippen LogP contribution in [-0.2, 0) is 7.05 Å². The number of nitrogens with two attached hydrogens (primary N) is 1. The summed E-state index contributed by atoms with van der Waals surface area (Å²) in [6.45, 7) is 0. The van der Waals surface area contributed by atoms with Gasteiger partial charge in [-0.25, -0.2) is 4.98 Å². The van der Waals surface area contributed by atoms with Gasteiger partial charge in [-0.1, -0.05) is 11.8 Å². The number of hydrogen-bond donors (Lipinski definition) is 2. The van der Waals surface area contributed by atoms with E-state index in [9.17, 15) is 4.79 Å². The molecule has 0 amide bonds. The number of thioether (sulfide) groups is 1. The lowest BCUT2D eigenvalue weighted by Crippen LogP contribution is -2.21. The van der Waals surface area contributed by atoms with Crippen LogP contribution in [0.4, 0.5) is 5.95 Å². The quantitative estimate of drug-likeness (QED) is 0.646. The van der Waals surface area contributed by atoms with Crippen LogP contribution >= 0.6 is 11.8 Å². The molecule has 7 heteroatoms. The molecular weight excluding hydrogens is 202 g/mol. The Hall–Kier alpha value is -1.50. The van der Waals surface area contributed by atoms with Crippen molar-refractivity contribution in [1.82, 2.24) is 19.5 Å². The molecule has 0 saturated carbocycles. The Kier molecular flexibility index (Phi) is 1.95. The van der Waals surface area contributed by atoms with E-state index in [2.05, 4.69) is 15.0 Å². The molecule has 0 aromatic carbocycles. The van der Waals surface area contributed by atoms with Gasteiger partial charge in [-0.2, -0.15) is 4.98 Å². The molecule has 2 aromatic heterocycles. The van der Waals surface area contributed by atoms with Gasteiger partial charge in [0.1, 0.15) is 0 Å². The fourth-order valence-electron chi connectivity index (χ4n) is 1.12. The van der Waals surface area contributed by atoms with Crippen LogP contribution in [0.1, 0.15) is 0 Å². The summed E-state index contributed by atoms with van der Waals surface area (Å²) >= 11 is 1.42. The zero-order valence-corrected chi connectivity index (χ0v) is 8.55. The number of imidazole rings is 1. The molecule has 0 aliphatic heterocycles. The SMILES string of the molecule is CSc1nc2nc(N)n(C)c(=O)c2[nH]1. The largest absolute Gasteiger partial charge is 0.369 e. The maximum atomic E-state index is 11.6. The van der Waals surface area contributed by atoms with E-state index in [0.717, 1.165) is 0 Å². The molecule has 2 heterocycles. The van der Waals surface area contributed by atoms with Crippen LogP contribution in [0.2, 0.25) is 0 Å². The zero-order valence-electron chi connectivity index (χ0n) is 7.74. The van der Waals surface area contributed by atoms with Crippen LogP contribution < -0.4 is 11.3 Å². The van der Waals surface area contributed by atoms with Gasteiger partial charge in [-0.15, -0.1) is 0 Å². The van der Waals surface area contributed by atoms with Crippen molar-refractivity contribution < 1.29 is 0 Å². The first kappa shape index (κ1) is 9.07. The normalized spacial score (nSPS) is 11.0. The van der Waals surface area contributed by atoms with Crippen molar-refractivity contribution in [3.63, 3.8) is 0 Å². The fourth-order valence-corrected chi connectivity index (χ4v) is 1.51. The van der Waals surface area contributed by atoms with Crippen molar-refractivity contribution >= 4 is 28.9 Å². The molecule has 0 aliphatic carbocycles. The lowest BCUT2D eigenvalue weighted by molar-refractivity contribution is 0.857. The third kappa shape index (κ3) is 1.17. The number of nitrogens with zero attached hydrogens (tertiary/aromatic N) is 3. The molecule has 0 unspecified atom stereocenters. The van der Waals surface area contributed by atoms with Crippen molar-refractivity contribution in [3.05, 3.63) is 10.4 Å². The van der Waals surface area contributed by atoms with Gasteiger partial charge in [-0.3, -0.25) is 9.36 Å². The summed E-state index contributed by atoms with van der Waals surface area (Å²) in [5.41, 5.74) is 6.09. The van der Waals surface area contributed by atoms with E-state index in [0.29, 0.717) is 16.3 Å². The monoisotopic (exact) mass is 211 g/mol. The van der Waals surface area contributed by atoms with E-state index in [1.165, 1.54) is 16.3 Å². The van der Waals surface area contributed by atoms with Gasteiger partial charge in [0.2, 0.25) is 5.95 Å². The van der Waals surface area contributed by atoms with Crippen molar-refractivity contribution in [2.45, 2.75) is 5.16 Å². The summed E-state index contributed by atoms with van der Waals surface area (Å²) in [6.07, 6.45) is 1.87. The fraction of sp³-hybridized carbons (Fsp3) is 0.286. The minimum Gasteiger partial charge on any atom is -0.369 e. The Labute approximate surface area is 83.5 Å². The average Bonchev–Trinajstić information content (AvgIpc) is 2.57. The number of fused-ring (bicyclic) bond motifs is 1. The van der Waals surface area contributed by atoms with E-state index < -0.39 is 0 Å². The summed E-state index contributed by atoms with van der Waals surface area (Å²) in [7, 11) is 1.57. The summed E-state index contributed by atoms with van der Waals surface area (Å²) in [5, 5.41) is 0.662. The first-order valence-electron chi connectivity index (χ1n) is 3.89. The Morgan fingerprint density at radius 3 is 2.86 bits per heavy atom. The van der Waals surface area contributed by atoms with E-state index in [1.54, 1.807) is 7.05 Å². The molecule has 74 valence electrons. The topological polar surface area (TPSA) is 89.6 Å². The van der Waals surface area contributed by atoms with Gasteiger partial charge >= 0.3 is 0 Å². The molecule has 2 aromatic rings. The van der Waals surface area contributed by atoms with Gasteiger partial charge in [0.15, 0.2) is 16.3 Å². The van der Waals surface area contributed by atoms with E-state index >= 15 is 0 Å². The number of H-pyrrole nitrogens is 1. The highest BCUT2D eigenvalue weighted by Gasteiger charge is 2.10. The molecule has 0 saturated heterocycles. The Balaban J connectivity index is 2.88. The molecule has 3 N–H and O–H groups in total. The van der Waals surface area contributed by atoms with Crippen LogP contribution in [0.25, 0.3) is 11.2 Å². The second kappa shape index (κ2) is 3.02. The molecule has 2 rings (SSSR count). The van der Waals surface area contributed by atoms with Gasteiger partial charge in [0, 0.05) is 7.05 Å². The number of nitrogens with one attached hydrogen (secondary N) is 1. The number of hydrogen-bond acceptors (Lipinski definition) is 5. The number of anilines is 1. The number of aromatic amines is 1. The van der Waals surface area contributed by atoms with Crippen molar-refractivity contribution in [3.8, 4) is 0 Å². The van der Waals surface area contributed by atoms with Crippen molar-refractivity contribution in [2.75, 3.05) is 12.0 Å². The van der Waals surface area contributed by atoms with Gasteiger partial charge in [0.25, 0.3) is 5.56 Å². The maximum Gasteiger partial charge on any atom is 0.280 e. The first-order valence-corrected chi connectivity index (χ1v) is 5.12. The first-order chi connectivity index (χ1) is 6.63. The van der Waals surface area contributed by atoms with E-state index in [4.69, 9.17) is 5.73 Å². The summed E-state index contributed by atoms with van der Waals surface area (Å²) in [5.74, 6) is 0.168. The second-order valence-electron chi connectivity index (χ2n) is 2.78. The molecule has 6 nitrogen and oxygen atoms in total. The number of rotatable bonds is 1. The third-order valence-corrected chi connectivity index (χ3v) is 2.52. The van der Waals surface area contributed by atoms with Crippen LogP contribution in [0, 0.1) is 0 Å². The predicted octanol–water partition coefficient (Wildman–Crippen LogP) is -0.0393. The van der Waals surface area contributed by atoms with Crippen LogP contribution in [-0.4, -0.2) is 25.8 Å². The summed E-state index contributed by atoms with van der Waals surface area (Å²) in [6, 6.07) is 0. The van der Waals surface area contributed by atoms with Crippen molar-refractivity contribution in [1.29, 1.82) is 0 Å². The number of nitrogen functional groups attached to an aromatic ring is 1. The minimum atomic E-state index is -0.208. The highest BCUT2D eigenvalue weighted by Crippen LogP contribution is 2.13. The zero-order chi connectivity index (χ0) is 10.3. The van der Waals surface area contributed by atoms with Crippen LogP contribution in [0.15, 0.2) is 9.95 Å². The predicted molar refractivity (Wildman–Crippen MR) is 55.3 cm³/mol. The smallest absolute Gasteiger partial charge is 0.280 e. The van der Waals surface area contributed by atoms with Gasteiger partial charge < -0.3 is 10.7 Å². The second-order valence-corrected chi connectivity index (χ2v) is 3.57. The maximum absolute atomic E-state index is 11.6. The average molecular weight is 211 g/mol. The van der Waals surface area contributed by atoms with Crippen LogP contribution in [0.5, 0.6) is 0 Å². The van der Waals surface area contributed by atoms with Gasteiger partial charge in [-0.05, 0) is 6.26 Å². The molecule has 14 heavy (non-hydrogen) atoms. The van der Waals surface area contributed by atoms with Crippen LogP contribution in [0.3, 0.4) is 0 Å². The Bertz CT molecular complexity index is 543. The molecule has 0 radical (unpaired) electrons.